The molecular weight excluding hydrogens is 243 g/mol. The predicted molar refractivity (Wildman–Crippen MR) is 72.5 cm³/mol. The van der Waals surface area contributed by atoms with Gasteiger partial charge in [-0.3, -0.25) is 4.79 Å². The lowest BCUT2D eigenvalue weighted by atomic mass is 9.94. The zero-order valence-electron chi connectivity index (χ0n) is 10.6. The Morgan fingerprint density at radius 3 is 2.32 bits per heavy atom. The highest BCUT2D eigenvalue weighted by molar-refractivity contribution is 5.76. The SMILES string of the molecule is CCC(C(=O)O)c1ccc(-c2ccccc2F)cc1. The summed E-state index contributed by atoms with van der Waals surface area (Å²) in [4.78, 5) is 11.1. The van der Waals surface area contributed by atoms with Crippen molar-refractivity contribution in [3.05, 3.63) is 59.9 Å². The minimum absolute atomic E-state index is 0.277. The van der Waals surface area contributed by atoms with Crippen LogP contribution in [0.5, 0.6) is 0 Å². The van der Waals surface area contributed by atoms with Crippen LogP contribution in [0, 0.1) is 5.82 Å². The number of aliphatic carboxylic acids is 1. The maximum atomic E-state index is 13.6. The molecule has 2 rings (SSSR count). The summed E-state index contributed by atoms with van der Waals surface area (Å²) >= 11 is 0. The average molecular weight is 258 g/mol. The van der Waals surface area contributed by atoms with Crippen molar-refractivity contribution >= 4 is 5.97 Å². The molecule has 0 spiro atoms. The van der Waals surface area contributed by atoms with Crippen LogP contribution in [-0.2, 0) is 4.79 Å². The molecule has 0 fully saturated rings. The molecule has 0 saturated heterocycles. The van der Waals surface area contributed by atoms with E-state index in [2.05, 4.69) is 0 Å². The molecule has 1 N–H and O–H groups in total. The summed E-state index contributed by atoms with van der Waals surface area (Å²) in [7, 11) is 0. The number of hydrogen-bond acceptors (Lipinski definition) is 1. The third-order valence-corrected chi connectivity index (χ3v) is 3.20. The first kappa shape index (κ1) is 13.3. The van der Waals surface area contributed by atoms with E-state index in [-0.39, 0.29) is 5.82 Å². The van der Waals surface area contributed by atoms with Gasteiger partial charge in [0.2, 0.25) is 0 Å². The maximum absolute atomic E-state index is 13.6. The Morgan fingerprint density at radius 2 is 1.79 bits per heavy atom. The van der Waals surface area contributed by atoms with Gasteiger partial charge in [0.05, 0.1) is 5.92 Å². The van der Waals surface area contributed by atoms with Crippen LogP contribution in [0.1, 0.15) is 24.8 Å². The van der Waals surface area contributed by atoms with Crippen molar-refractivity contribution in [3.8, 4) is 11.1 Å². The van der Waals surface area contributed by atoms with Gasteiger partial charge in [0.1, 0.15) is 5.82 Å². The van der Waals surface area contributed by atoms with Gasteiger partial charge in [-0.1, -0.05) is 49.4 Å². The quantitative estimate of drug-likeness (QED) is 0.897. The number of halogens is 1. The lowest BCUT2D eigenvalue weighted by Crippen LogP contribution is -2.10. The number of hydrogen-bond donors (Lipinski definition) is 1. The van der Waals surface area contributed by atoms with E-state index >= 15 is 0 Å². The molecule has 1 atom stereocenters. The summed E-state index contributed by atoms with van der Waals surface area (Å²) < 4.78 is 13.6. The lowest BCUT2D eigenvalue weighted by molar-refractivity contribution is -0.138. The monoisotopic (exact) mass is 258 g/mol. The molecule has 0 bridgehead atoms. The van der Waals surface area contributed by atoms with Gasteiger partial charge in [0.25, 0.3) is 0 Å². The molecule has 0 aliphatic carbocycles. The maximum Gasteiger partial charge on any atom is 0.310 e. The van der Waals surface area contributed by atoms with E-state index in [9.17, 15) is 9.18 Å². The zero-order valence-corrected chi connectivity index (χ0v) is 10.6. The predicted octanol–water partition coefficient (Wildman–Crippen LogP) is 4.07. The molecule has 19 heavy (non-hydrogen) atoms. The van der Waals surface area contributed by atoms with Gasteiger partial charge < -0.3 is 5.11 Å². The first-order chi connectivity index (χ1) is 9.13. The van der Waals surface area contributed by atoms with Gasteiger partial charge in [0.15, 0.2) is 0 Å². The first-order valence-corrected chi connectivity index (χ1v) is 6.21. The van der Waals surface area contributed by atoms with Gasteiger partial charge in [-0.15, -0.1) is 0 Å². The Balaban J connectivity index is 2.33. The number of carboxylic acids is 1. The second-order valence-corrected chi connectivity index (χ2v) is 4.40. The fraction of sp³-hybridized carbons (Fsp3) is 0.188. The molecule has 2 aromatic carbocycles. The van der Waals surface area contributed by atoms with Gasteiger partial charge in [-0.05, 0) is 23.6 Å². The Labute approximate surface area is 111 Å². The summed E-state index contributed by atoms with van der Waals surface area (Å²) in [6.07, 6.45) is 0.536. The minimum atomic E-state index is -0.832. The van der Waals surface area contributed by atoms with Crippen LogP contribution in [0.4, 0.5) is 4.39 Å². The molecule has 3 heteroatoms. The van der Waals surface area contributed by atoms with Crippen molar-refractivity contribution in [3.63, 3.8) is 0 Å². The fourth-order valence-electron chi connectivity index (χ4n) is 2.14. The first-order valence-electron chi connectivity index (χ1n) is 6.21. The third-order valence-electron chi connectivity index (χ3n) is 3.20. The Bertz CT molecular complexity index is 576. The summed E-state index contributed by atoms with van der Waals surface area (Å²) in [6.45, 7) is 1.84. The highest BCUT2D eigenvalue weighted by Crippen LogP contribution is 2.26. The van der Waals surface area contributed by atoms with Crippen molar-refractivity contribution in [1.29, 1.82) is 0 Å². The molecule has 98 valence electrons. The lowest BCUT2D eigenvalue weighted by Gasteiger charge is -2.11. The Kier molecular flexibility index (Phi) is 3.95. The molecule has 0 aliphatic rings. The zero-order chi connectivity index (χ0) is 13.8. The number of carbonyl (C=O) groups is 1. The molecule has 0 aliphatic heterocycles. The van der Waals surface area contributed by atoms with Gasteiger partial charge in [0, 0.05) is 5.56 Å². The summed E-state index contributed by atoms with van der Waals surface area (Å²) in [6, 6.07) is 13.6. The van der Waals surface area contributed by atoms with Crippen LogP contribution in [0.2, 0.25) is 0 Å². The van der Waals surface area contributed by atoms with E-state index in [1.807, 2.05) is 6.92 Å². The van der Waals surface area contributed by atoms with Crippen molar-refractivity contribution < 1.29 is 14.3 Å². The van der Waals surface area contributed by atoms with Gasteiger partial charge in [-0.2, -0.15) is 0 Å². The third kappa shape index (κ3) is 2.81. The molecule has 2 aromatic rings. The number of carboxylic acid groups (broad SMARTS) is 1. The summed E-state index contributed by atoms with van der Waals surface area (Å²) in [5, 5.41) is 9.10. The Morgan fingerprint density at radius 1 is 1.16 bits per heavy atom. The second-order valence-electron chi connectivity index (χ2n) is 4.40. The normalized spacial score (nSPS) is 12.1. The molecule has 0 amide bonds. The molecule has 0 saturated carbocycles. The smallest absolute Gasteiger partial charge is 0.310 e. The average Bonchev–Trinajstić information content (AvgIpc) is 2.41. The molecule has 1 unspecified atom stereocenters. The summed E-state index contributed by atoms with van der Waals surface area (Å²) in [5.41, 5.74) is 2.02. The van der Waals surface area contributed by atoms with Crippen LogP contribution < -0.4 is 0 Å². The van der Waals surface area contributed by atoms with Gasteiger partial charge >= 0.3 is 5.97 Å². The highest BCUT2D eigenvalue weighted by atomic mass is 19.1. The largest absolute Gasteiger partial charge is 0.481 e. The Hall–Kier alpha value is -2.16. The van der Waals surface area contributed by atoms with Crippen LogP contribution >= 0.6 is 0 Å². The van der Waals surface area contributed by atoms with E-state index in [1.165, 1.54) is 6.07 Å². The summed E-state index contributed by atoms with van der Waals surface area (Å²) in [5.74, 6) is -1.61. The van der Waals surface area contributed by atoms with Crippen molar-refractivity contribution in [2.24, 2.45) is 0 Å². The van der Waals surface area contributed by atoms with Crippen LogP contribution in [0.25, 0.3) is 11.1 Å². The van der Waals surface area contributed by atoms with Crippen LogP contribution in [-0.4, -0.2) is 11.1 Å². The van der Waals surface area contributed by atoms with Crippen molar-refractivity contribution in [2.45, 2.75) is 19.3 Å². The van der Waals surface area contributed by atoms with E-state index < -0.39 is 11.9 Å². The fourth-order valence-corrected chi connectivity index (χ4v) is 2.14. The molecular formula is C16H15FO2. The topological polar surface area (TPSA) is 37.3 Å². The molecule has 0 aromatic heterocycles. The van der Waals surface area contributed by atoms with Crippen molar-refractivity contribution in [1.82, 2.24) is 0 Å². The standard InChI is InChI=1S/C16H15FO2/c1-2-13(16(18)19)11-7-9-12(10-8-11)14-5-3-4-6-15(14)17/h3-10,13H,2H2,1H3,(H,18,19). The molecule has 0 radical (unpaired) electrons. The van der Waals surface area contributed by atoms with E-state index in [0.29, 0.717) is 12.0 Å². The van der Waals surface area contributed by atoms with Crippen LogP contribution in [0.15, 0.2) is 48.5 Å². The highest BCUT2D eigenvalue weighted by Gasteiger charge is 2.17. The van der Waals surface area contributed by atoms with E-state index in [1.54, 1.807) is 42.5 Å². The van der Waals surface area contributed by atoms with E-state index in [4.69, 9.17) is 5.11 Å². The van der Waals surface area contributed by atoms with Crippen molar-refractivity contribution in [2.75, 3.05) is 0 Å². The molecule has 2 nitrogen and oxygen atoms in total. The van der Waals surface area contributed by atoms with E-state index in [0.717, 1.165) is 11.1 Å². The number of rotatable bonds is 4. The molecule has 0 heterocycles. The second kappa shape index (κ2) is 5.65. The van der Waals surface area contributed by atoms with Crippen LogP contribution in [0.3, 0.4) is 0 Å². The minimum Gasteiger partial charge on any atom is -0.481 e. The van der Waals surface area contributed by atoms with Gasteiger partial charge in [-0.25, -0.2) is 4.39 Å². The number of benzene rings is 2.